The number of nitrogens with zero attached hydrogens (tertiary/aromatic N) is 4. The van der Waals surface area contributed by atoms with E-state index < -0.39 is 17.7 Å². The predicted molar refractivity (Wildman–Crippen MR) is 142 cm³/mol. The van der Waals surface area contributed by atoms with Gasteiger partial charge in [0.25, 0.3) is 5.78 Å². The van der Waals surface area contributed by atoms with Crippen molar-refractivity contribution >= 4 is 49.8 Å². The Labute approximate surface area is 216 Å². The predicted octanol–water partition coefficient (Wildman–Crippen LogP) is 5.28. The molecule has 0 aliphatic carbocycles. The van der Waals surface area contributed by atoms with Crippen molar-refractivity contribution in [2.45, 2.75) is 19.9 Å². The summed E-state index contributed by atoms with van der Waals surface area (Å²) >= 11 is 1.30. The number of hydrogen-bond acceptors (Lipinski definition) is 7. The zero-order valence-electron chi connectivity index (χ0n) is 20.1. The molecule has 0 saturated carbocycles. The number of benzene rings is 2. The van der Waals surface area contributed by atoms with Gasteiger partial charge in [-0.1, -0.05) is 47.7 Å². The third-order valence-corrected chi connectivity index (χ3v) is 7.37. The molecule has 8 nitrogen and oxygen atoms in total. The molecular weight excluding hydrogens is 488 g/mol. The quantitative estimate of drug-likeness (QED) is 0.196. The van der Waals surface area contributed by atoms with Crippen molar-refractivity contribution in [3.05, 3.63) is 95.5 Å². The third kappa shape index (κ3) is 3.66. The Kier molecular flexibility index (Phi) is 5.49. The number of imidazole rings is 1. The second kappa shape index (κ2) is 8.86. The highest BCUT2D eigenvalue weighted by Gasteiger charge is 2.48. The van der Waals surface area contributed by atoms with E-state index in [0.29, 0.717) is 45.6 Å². The second-order valence-electron chi connectivity index (χ2n) is 8.61. The minimum atomic E-state index is -0.859. The van der Waals surface area contributed by atoms with E-state index in [9.17, 15) is 14.7 Å². The summed E-state index contributed by atoms with van der Waals surface area (Å²) in [5.74, 6) is -1.09. The molecule has 5 aromatic rings. The van der Waals surface area contributed by atoms with Crippen LogP contribution in [0, 0.1) is 6.92 Å². The first-order valence-corrected chi connectivity index (χ1v) is 12.6. The lowest BCUT2D eigenvalue weighted by molar-refractivity contribution is -0.132. The van der Waals surface area contributed by atoms with Crippen LogP contribution in [0.3, 0.4) is 0 Å². The summed E-state index contributed by atoms with van der Waals surface area (Å²) in [4.78, 5) is 37.6. The Hall–Kier alpha value is -4.50. The number of carbonyl (C=O) groups excluding carboxylic acids is 2. The molecule has 1 N–H and O–H groups in total. The lowest BCUT2D eigenvalue weighted by Crippen LogP contribution is -2.29. The van der Waals surface area contributed by atoms with Gasteiger partial charge in [0, 0.05) is 6.20 Å². The molecule has 184 valence electrons. The zero-order chi connectivity index (χ0) is 25.7. The number of aliphatic hydroxyl groups excluding tert-OH is 1. The maximum absolute atomic E-state index is 13.5. The summed E-state index contributed by atoms with van der Waals surface area (Å²) < 4.78 is 8.15. The van der Waals surface area contributed by atoms with Gasteiger partial charge in [0.2, 0.25) is 0 Å². The number of ketones is 1. The zero-order valence-corrected chi connectivity index (χ0v) is 20.9. The SMILES string of the molecule is CCOc1ccc2nc(N3C(=O)C(=O)/C(=C(/O)c4c(C)nc5ccccn45)C3c3ccccc3)sc2c1. The molecule has 1 aliphatic rings. The van der Waals surface area contributed by atoms with Crippen molar-refractivity contribution < 1.29 is 19.4 Å². The van der Waals surface area contributed by atoms with Gasteiger partial charge in [0.15, 0.2) is 10.9 Å². The lowest BCUT2D eigenvalue weighted by Gasteiger charge is -2.22. The summed E-state index contributed by atoms with van der Waals surface area (Å²) in [7, 11) is 0. The van der Waals surface area contributed by atoms with Crippen molar-refractivity contribution in [1.82, 2.24) is 14.4 Å². The van der Waals surface area contributed by atoms with Crippen molar-refractivity contribution in [2.24, 2.45) is 0 Å². The fraction of sp³-hybridized carbons (Fsp3) is 0.143. The Morgan fingerprint density at radius 2 is 1.84 bits per heavy atom. The standard InChI is InChI=1S/C28H22N4O4S/c1-3-36-18-12-13-19-20(15-18)37-28(30-19)32-24(17-9-5-4-6-10-17)22(26(34)27(32)35)25(33)23-16(2)29-21-11-7-8-14-31(21)23/h4-15,24,33H,3H2,1-2H3/b25-22+. The van der Waals surface area contributed by atoms with Gasteiger partial charge in [0.1, 0.15) is 17.1 Å². The van der Waals surface area contributed by atoms with Crippen LogP contribution in [0.5, 0.6) is 5.75 Å². The lowest BCUT2D eigenvalue weighted by atomic mass is 9.96. The van der Waals surface area contributed by atoms with Crippen LogP contribution >= 0.6 is 11.3 Å². The van der Waals surface area contributed by atoms with Gasteiger partial charge in [-0.25, -0.2) is 9.97 Å². The van der Waals surface area contributed by atoms with Gasteiger partial charge in [-0.2, -0.15) is 0 Å². The highest BCUT2D eigenvalue weighted by atomic mass is 32.1. The topological polar surface area (TPSA) is 97.0 Å². The van der Waals surface area contributed by atoms with Crippen LogP contribution in [0.1, 0.15) is 29.9 Å². The van der Waals surface area contributed by atoms with Crippen LogP contribution < -0.4 is 9.64 Å². The smallest absolute Gasteiger partial charge is 0.301 e. The average Bonchev–Trinajstić information content (AvgIpc) is 3.55. The first kappa shape index (κ1) is 22.9. The Balaban J connectivity index is 1.57. The van der Waals surface area contributed by atoms with Crippen LogP contribution in [-0.2, 0) is 9.59 Å². The summed E-state index contributed by atoms with van der Waals surface area (Å²) in [6.07, 6.45) is 1.77. The number of Topliss-reactive ketones (excluding diaryl/α,β-unsaturated/α-hetero) is 1. The molecule has 4 heterocycles. The minimum absolute atomic E-state index is 0.000727. The van der Waals surface area contributed by atoms with Crippen LogP contribution in [0.15, 0.2) is 78.5 Å². The van der Waals surface area contributed by atoms with E-state index in [1.54, 1.807) is 17.5 Å². The molecule has 1 amide bonds. The molecule has 2 aromatic carbocycles. The molecule has 1 atom stereocenters. The van der Waals surface area contributed by atoms with Crippen LogP contribution in [0.4, 0.5) is 5.13 Å². The van der Waals surface area contributed by atoms with E-state index in [4.69, 9.17) is 4.74 Å². The Bertz CT molecular complexity index is 1720. The molecule has 0 spiro atoms. The molecule has 6 rings (SSSR count). The van der Waals surface area contributed by atoms with Crippen LogP contribution in [0.2, 0.25) is 0 Å². The van der Waals surface area contributed by atoms with E-state index >= 15 is 0 Å². The second-order valence-corrected chi connectivity index (χ2v) is 9.62. The fourth-order valence-electron chi connectivity index (χ4n) is 4.76. The Morgan fingerprint density at radius 1 is 1.05 bits per heavy atom. The van der Waals surface area contributed by atoms with Gasteiger partial charge in [-0.05, 0) is 49.7 Å². The number of aromatic nitrogens is 3. The highest BCUT2D eigenvalue weighted by Crippen LogP contribution is 2.44. The monoisotopic (exact) mass is 510 g/mol. The number of aryl methyl sites for hydroxylation is 1. The molecule has 3 aromatic heterocycles. The molecule has 9 heteroatoms. The van der Waals surface area contributed by atoms with Crippen molar-refractivity contribution in [3.63, 3.8) is 0 Å². The van der Waals surface area contributed by atoms with E-state index in [0.717, 1.165) is 4.70 Å². The molecule has 0 radical (unpaired) electrons. The molecule has 1 fully saturated rings. The minimum Gasteiger partial charge on any atom is -0.505 e. The van der Waals surface area contributed by atoms with E-state index in [1.165, 1.54) is 16.2 Å². The number of fused-ring (bicyclic) bond motifs is 2. The fourth-order valence-corrected chi connectivity index (χ4v) is 5.78. The number of amides is 1. The number of carbonyl (C=O) groups is 2. The van der Waals surface area contributed by atoms with Gasteiger partial charge in [-0.15, -0.1) is 0 Å². The molecule has 1 saturated heterocycles. The highest BCUT2D eigenvalue weighted by molar-refractivity contribution is 7.22. The summed E-state index contributed by atoms with van der Waals surface area (Å²) in [6, 6.07) is 19.3. The molecule has 1 aliphatic heterocycles. The molecule has 0 bridgehead atoms. The Morgan fingerprint density at radius 3 is 2.62 bits per heavy atom. The van der Waals surface area contributed by atoms with Crippen LogP contribution in [-0.4, -0.2) is 37.8 Å². The first-order valence-electron chi connectivity index (χ1n) is 11.8. The largest absolute Gasteiger partial charge is 0.505 e. The van der Waals surface area contributed by atoms with E-state index in [-0.39, 0.29) is 11.3 Å². The van der Waals surface area contributed by atoms with Crippen molar-refractivity contribution in [1.29, 1.82) is 0 Å². The molecule has 1 unspecified atom stereocenters. The number of anilines is 1. The number of aliphatic hydroxyl groups is 1. The van der Waals surface area contributed by atoms with Gasteiger partial charge >= 0.3 is 5.91 Å². The summed E-state index contributed by atoms with van der Waals surface area (Å²) in [6.45, 7) is 4.20. The number of pyridine rings is 1. The van der Waals surface area contributed by atoms with E-state index in [1.807, 2.05) is 73.7 Å². The van der Waals surface area contributed by atoms with Crippen molar-refractivity contribution in [3.8, 4) is 5.75 Å². The average molecular weight is 511 g/mol. The maximum Gasteiger partial charge on any atom is 0.301 e. The maximum atomic E-state index is 13.5. The summed E-state index contributed by atoms with van der Waals surface area (Å²) in [5.41, 5.74) is 2.92. The van der Waals surface area contributed by atoms with Gasteiger partial charge in [-0.3, -0.25) is 18.9 Å². The normalized spacial score (nSPS) is 17.2. The van der Waals surface area contributed by atoms with Gasteiger partial charge in [0.05, 0.1) is 34.1 Å². The summed E-state index contributed by atoms with van der Waals surface area (Å²) in [5, 5.41) is 12.0. The molecule has 37 heavy (non-hydrogen) atoms. The van der Waals surface area contributed by atoms with E-state index in [2.05, 4.69) is 9.97 Å². The van der Waals surface area contributed by atoms with Gasteiger partial charge < -0.3 is 9.84 Å². The molecular formula is C28H22N4O4S. The third-order valence-electron chi connectivity index (χ3n) is 6.35. The van der Waals surface area contributed by atoms with Crippen molar-refractivity contribution in [2.75, 3.05) is 11.5 Å². The number of thiazole rings is 1. The number of rotatable bonds is 5. The number of ether oxygens (including phenoxy) is 1. The number of hydrogen-bond donors (Lipinski definition) is 1. The van der Waals surface area contributed by atoms with Crippen LogP contribution in [0.25, 0.3) is 21.6 Å². The first-order chi connectivity index (χ1) is 18.0.